The van der Waals surface area contributed by atoms with Crippen molar-refractivity contribution in [3.05, 3.63) is 23.9 Å². The van der Waals surface area contributed by atoms with E-state index in [0.29, 0.717) is 18.0 Å². The molecule has 1 saturated heterocycles. The molecule has 2 fully saturated rings. The number of rotatable bonds is 6. The summed E-state index contributed by atoms with van der Waals surface area (Å²) >= 11 is 0. The number of carbonyl (C=O) groups is 1. The second kappa shape index (κ2) is 6.65. The van der Waals surface area contributed by atoms with Gasteiger partial charge in [0.15, 0.2) is 0 Å². The number of pyridine rings is 1. The summed E-state index contributed by atoms with van der Waals surface area (Å²) in [6.07, 6.45) is 6.63. The first kappa shape index (κ1) is 15.3. The van der Waals surface area contributed by atoms with Crippen molar-refractivity contribution in [1.29, 1.82) is 0 Å². The predicted octanol–water partition coefficient (Wildman–Crippen LogP) is 2.07. The van der Waals surface area contributed by atoms with Gasteiger partial charge in [0.2, 0.25) is 11.8 Å². The van der Waals surface area contributed by atoms with Crippen LogP contribution in [0.25, 0.3) is 0 Å². The van der Waals surface area contributed by atoms with Gasteiger partial charge < -0.3 is 9.64 Å². The van der Waals surface area contributed by atoms with E-state index in [-0.39, 0.29) is 5.91 Å². The second-order valence-electron chi connectivity index (χ2n) is 6.38. The molecule has 1 atom stereocenters. The van der Waals surface area contributed by atoms with E-state index in [1.165, 1.54) is 31.2 Å². The first-order valence-corrected chi connectivity index (χ1v) is 8.17. The Bertz CT molecular complexity index is 513. The van der Waals surface area contributed by atoms with Crippen LogP contribution in [0.1, 0.15) is 38.2 Å². The molecule has 2 heterocycles. The zero-order valence-electron chi connectivity index (χ0n) is 13.5. The van der Waals surface area contributed by atoms with Crippen molar-refractivity contribution in [3.8, 4) is 5.88 Å². The molecular formula is C17H25N3O2. The number of likely N-dealkylation sites (tertiary alicyclic amines) is 1. The summed E-state index contributed by atoms with van der Waals surface area (Å²) in [6, 6.07) is 4.96. The van der Waals surface area contributed by atoms with Gasteiger partial charge in [-0.05, 0) is 37.8 Å². The average molecular weight is 303 g/mol. The van der Waals surface area contributed by atoms with Crippen LogP contribution in [0.4, 0.5) is 0 Å². The fourth-order valence-electron chi connectivity index (χ4n) is 3.32. The minimum atomic E-state index is 0.223. The Morgan fingerprint density at radius 2 is 2.23 bits per heavy atom. The number of ether oxygens (including phenoxy) is 1. The zero-order valence-corrected chi connectivity index (χ0v) is 13.5. The lowest BCUT2D eigenvalue weighted by molar-refractivity contribution is -0.130. The van der Waals surface area contributed by atoms with Gasteiger partial charge in [0, 0.05) is 44.4 Å². The topological polar surface area (TPSA) is 45.7 Å². The lowest BCUT2D eigenvalue weighted by atomic mass is 10.2. The average Bonchev–Trinajstić information content (AvgIpc) is 3.27. The molecule has 1 aliphatic carbocycles. The Balaban J connectivity index is 1.60. The Morgan fingerprint density at radius 3 is 2.82 bits per heavy atom. The fourth-order valence-corrected chi connectivity index (χ4v) is 3.32. The van der Waals surface area contributed by atoms with Gasteiger partial charge in [0.1, 0.15) is 0 Å². The third kappa shape index (κ3) is 3.58. The highest BCUT2D eigenvalue weighted by molar-refractivity contribution is 5.74. The maximum absolute atomic E-state index is 11.8. The lowest BCUT2D eigenvalue weighted by Crippen LogP contribution is -2.43. The summed E-state index contributed by atoms with van der Waals surface area (Å²) in [5, 5.41) is 0. The third-order valence-electron chi connectivity index (χ3n) is 4.69. The molecule has 0 aromatic carbocycles. The van der Waals surface area contributed by atoms with Crippen LogP contribution in [-0.2, 0) is 11.3 Å². The van der Waals surface area contributed by atoms with E-state index in [1.807, 2.05) is 12.3 Å². The molecular weight excluding hydrogens is 278 g/mol. The van der Waals surface area contributed by atoms with Crippen molar-refractivity contribution in [2.75, 3.05) is 20.2 Å². The Morgan fingerprint density at radius 1 is 1.41 bits per heavy atom. The SMILES string of the molecule is COc1ccc(CN2CCC[C@H]2CN(C(C)=O)C2CC2)cn1. The van der Waals surface area contributed by atoms with Crippen LogP contribution in [0.15, 0.2) is 18.3 Å². The summed E-state index contributed by atoms with van der Waals surface area (Å²) < 4.78 is 5.10. The molecule has 0 radical (unpaired) electrons. The first-order valence-electron chi connectivity index (χ1n) is 8.17. The summed E-state index contributed by atoms with van der Waals surface area (Å²) in [6.45, 7) is 4.58. The van der Waals surface area contributed by atoms with E-state index in [4.69, 9.17) is 4.74 Å². The molecule has 1 amide bonds. The molecule has 2 aliphatic rings. The molecule has 3 rings (SSSR count). The molecule has 0 spiro atoms. The fraction of sp³-hybridized carbons (Fsp3) is 0.647. The number of nitrogens with zero attached hydrogens (tertiary/aromatic N) is 3. The summed E-state index contributed by atoms with van der Waals surface area (Å²) in [5.74, 6) is 0.874. The molecule has 5 nitrogen and oxygen atoms in total. The number of hydrogen-bond acceptors (Lipinski definition) is 4. The third-order valence-corrected chi connectivity index (χ3v) is 4.69. The molecule has 1 aromatic rings. The molecule has 120 valence electrons. The largest absolute Gasteiger partial charge is 0.481 e. The van der Waals surface area contributed by atoms with E-state index in [9.17, 15) is 4.79 Å². The highest BCUT2D eigenvalue weighted by Gasteiger charge is 2.35. The van der Waals surface area contributed by atoms with Gasteiger partial charge in [-0.3, -0.25) is 9.69 Å². The quantitative estimate of drug-likeness (QED) is 0.807. The van der Waals surface area contributed by atoms with Gasteiger partial charge >= 0.3 is 0 Å². The molecule has 0 N–H and O–H groups in total. The van der Waals surface area contributed by atoms with Crippen LogP contribution in [-0.4, -0.2) is 53.0 Å². The Labute approximate surface area is 132 Å². The second-order valence-corrected chi connectivity index (χ2v) is 6.38. The van der Waals surface area contributed by atoms with Crippen molar-refractivity contribution in [3.63, 3.8) is 0 Å². The first-order chi connectivity index (χ1) is 10.7. The summed E-state index contributed by atoms with van der Waals surface area (Å²) in [5.41, 5.74) is 1.20. The van der Waals surface area contributed by atoms with Gasteiger partial charge in [-0.2, -0.15) is 0 Å². The van der Waals surface area contributed by atoms with Crippen molar-refractivity contribution in [2.24, 2.45) is 0 Å². The minimum Gasteiger partial charge on any atom is -0.481 e. The number of carbonyl (C=O) groups excluding carboxylic acids is 1. The molecule has 0 bridgehead atoms. The Hall–Kier alpha value is -1.62. The standard InChI is InChI=1S/C17H25N3O2/c1-13(21)20(15-6-7-15)12-16-4-3-9-19(16)11-14-5-8-17(22-2)18-10-14/h5,8,10,15-16H,3-4,6-7,9,11-12H2,1-2H3/t16-/m0/s1. The normalized spacial score (nSPS) is 21.8. The van der Waals surface area contributed by atoms with Gasteiger partial charge in [-0.25, -0.2) is 4.98 Å². The maximum atomic E-state index is 11.8. The molecule has 1 aliphatic heterocycles. The summed E-state index contributed by atoms with van der Waals surface area (Å²) in [7, 11) is 1.63. The molecule has 22 heavy (non-hydrogen) atoms. The van der Waals surface area contributed by atoms with E-state index >= 15 is 0 Å². The maximum Gasteiger partial charge on any atom is 0.219 e. The number of hydrogen-bond donors (Lipinski definition) is 0. The van der Waals surface area contributed by atoms with Crippen LogP contribution < -0.4 is 4.74 Å². The van der Waals surface area contributed by atoms with Crippen molar-refractivity contribution in [2.45, 2.75) is 51.2 Å². The van der Waals surface area contributed by atoms with Crippen LogP contribution in [0.5, 0.6) is 5.88 Å². The zero-order chi connectivity index (χ0) is 15.5. The number of methoxy groups -OCH3 is 1. The van der Waals surface area contributed by atoms with Crippen molar-refractivity contribution in [1.82, 2.24) is 14.8 Å². The van der Waals surface area contributed by atoms with E-state index in [2.05, 4.69) is 20.9 Å². The van der Waals surface area contributed by atoms with E-state index in [1.54, 1.807) is 14.0 Å². The predicted molar refractivity (Wildman–Crippen MR) is 84.6 cm³/mol. The van der Waals surface area contributed by atoms with Crippen LogP contribution in [0, 0.1) is 0 Å². The van der Waals surface area contributed by atoms with E-state index in [0.717, 1.165) is 19.6 Å². The van der Waals surface area contributed by atoms with Gasteiger partial charge in [0.05, 0.1) is 7.11 Å². The monoisotopic (exact) mass is 303 g/mol. The molecule has 5 heteroatoms. The Kier molecular flexibility index (Phi) is 4.62. The van der Waals surface area contributed by atoms with Crippen LogP contribution in [0.2, 0.25) is 0 Å². The van der Waals surface area contributed by atoms with Crippen molar-refractivity contribution < 1.29 is 9.53 Å². The minimum absolute atomic E-state index is 0.223. The molecule has 1 saturated carbocycles. The van der Waals surface area contributed by atoms with Gasteiger partial charge in [0.25, 0.3) is 0 Å². The molecule has 1 aromatic heterocycles. The van der Waals surface area contributed by atoms with Crippen LogP contribution in [0.3, 0.4) is 0 Å². The lowest BCUT2D eigenvalue weighted by Gasteiger charge is -2.30. The van der Waals surface area contributed by atoms with Crippen LogP contribution >= 0.6 is 0 Å². The van der Waals surface area contributed by atoms with E-state index < -0.39 is 0 Å². The summed E-state index contributed by atoms with van der Waals surface area (Å²) in [4.78, 5) is 20.7. The smallest absolute Gasteiger partial charge is 0.219 e. The highest BCUT2D eigenvalue weighted by Crippen LogP contribution is 2.29. The van der Waals surface area contributed by atoms with Crippen molar-refractivity contribution >= 4 is 5.91 Å². The van der Waals surface area contributed by atoms with Gasteiger partial charge in [-0.1, -0.05) is 6.07 Å². The van der Waals surface area contributed by atoms with Gasteiger partial charge in [-0.15, -0.1) is 0 Å². The highest BCUT2D eigenvalue weighted by atomic mass is 16.5. The number of aromatic nitrogens is 1. The molecule has 0 unspecified atom stereocenters. The number of amides is 1.